The maximum Gasteiger partial charge on any atom is 0.220 e. The van der Waals surface area contributed by atoms with E-state index < -0.39 is 124 Å². The average Bonchev–Trinajstić information content (AvgIpc) is 3.46. The Kier molecular flexibility index (Phi) is 38.2. The zero-order valence-electron chi connectivity index (χ0n) is 47.1. The number of carbonyl (C=O) groups is 1. The van der Waals surface area contributed by atoms with Crippen LogP contribution in [-0.4, -0.2) is 193 Å². The van der Waals surface area contributed by atoms with Gasteiger partial charge in [0.25, 0.3) is 0 Å². The number of rotatable bonds is 43. The van der Waals surface area contributed by atoms with E-state index in [1.165, 1.54) is 89.9 Å². The van der Waals surface area contributed by atoms with Crippen molar-refractivity contribution in [2.45, 2.75) is 291 Å². The Morgan fingerprint density at radius 1 is 0.449 bits per heavy atom. The molecule has 17 atom stereocenters. The van der Waals surface area contributed by atoms with Crippen molar-refractivity contribution < 1.29 is 89.4 Å². The highest BCUT2D eigenvalue weighted by atomic mass is 16.8. The van der Waals surface area contributed by atoms with E-state index in [0.717, 1.165) is 64.2 Å². The molecule has 1 amide bonds. The second-order valence-electron chi connectivity index (χ2n) is 21.4. The van der Waals surface area contributed by atoms with Crippen LogP contribution in [0.2, 0.25) is 0 Å². The molecule has 0 aromatic heterocycles. The lowest BCUT2D eigenvalue weighted by Crippen LogP contribution is -2.66. The molecule has 19 heteroatoms. The number of hydrogen-bond acceptors (Lipinski definition) is 18. The molecule has 0 radical (unpaired) electrons. The van der Waals surface area contributed by atoms with Gasteiger partial charge in [-0.15, -0.1) is 0 Å². The first-order valence-corrected chi connectivity index (χ1v) is 29.9. The second-order valence-corrected chi connectivity index (χ2v) is 21.4. The van der Waals surface area contributed by atoms with Gasteiger partial charge in [0.15, 0.2) is 18.9 Å². The van der Waals surface area contributed by atoms with Gasteiger partial charge >= 0.3 is 0 Å². The predicted molar refractivity (Wildman–Crippen MR) is 295 cm³/mol. The summed E-state index contributed by atoms with van der Waals surface area (Å²) in [5.41, 5.74) is 0. The highest BCUT2D eigenvalue weighted by Crippen LogP contribution is 2.33. The van der Waals surface area contributed by atoms with Crippen LogP contribution in [0.4, 0.5) is 0 Å². The van der Waals surface area contributed by atoms with Crippen molar-refractivity contribution in [1.29, 1.82) is 0 Å². The van der Waals surface area contributed by atoms with Gasteiger partial charge in [-0.1, -0.05) is 159 Å². The fraction of sp³-hybridized carbons (Fsp3) is 0.847. The van der Waals surface area contributed by atoms with E-state index in [4.69, 9.17) is 28.4 Å². The molecule has 3 aliphatic rings. The number of amides is 1. The van der Waals surface area contributed by atoms with Crippen molar-refractivity contribution in [2.24, 2.45) is 0 Å². The average molecular weight is 1120 g/mol. The van der Waals surface area contributed by atoms with Crippen LogP contribution in [0.3, 0.4) is 0 Å². The lowest BCUT2D eigenvalue weighted by atomic mass is 9.96. The van der Waals surface area contributed by atoms with E-state index in [1.807, 2.05) is 6.08 Å². The number of hydrogen-bond donors (Lipinski definition) is 12. The molecule has 0 aromatic rings. The van der Waals surface area contributed by atoms with Gasteiger partial charge in [0, 0.05) is 6.42 Å². The van der Waals surface area contributed by atoms with Crippen LogP contribution in [0.5, 0.6) is 0 Å². The molecule has 17 unspecified atom stereocenters. The Bertz CT molecular complexity index is 1620. The van der Waals surface area contributed by atoms with Gasteiger partial charge in [0.05, 0.1) is 38.6 Å². The molecule has 0 aliphatic carbocycles. The number of aliphatic hydroxyl groups excluding tert-OH is 11. The predicted octanol–water partition coefficient (Wildman–Crippen LogP) is 5.09. The van der Waals surface area contributed by atoms with Crippen LogP contribution < -0.4 is 5.32 Å². The summed E-state index contributed by atoms with van der Waals surface area (Å²) in [6.45, 7) is 1.64. The molecule has 0 aromatic carbocycles. The van der Waals surface area contributed by atoms with E-state index in [9.17, 15) is 61.0 Å². The quantitative estimate of drug-likeness (QED) is 0.0279. The first-order chi connectivity index (χ1) is 37.8. The van der Waals surface area contributed by atoms with Gasteiger partial charge in [-0.25, -0.2) is 0 Å². The van der Waals surface area contributed by atoms with Crippen molar-refractivity contribution in [2.75, 3.05) is 26.4 Å². The van der Waals surface area contributed by atoms with Gasteiger partial charge in [0.1, 0.15) is 73.2 Å². The lowest BCUT2D eigenvalue weighted by molar-refractivity contribution is -0.379. The van der Waals surface area contributed by atoms with Crippen LogP contribution in [0.1, 0.15) is 187 Å². The Morgan fingerprint density at radius 2 is 0.821 bits per heavy atom. The molecule has 0 bridgehead atoms. The molecule has 78 heavy (non-hydrogen) atoms. The third kappa shape index (κ3) is 26.3. The summed E-state index contributed by atoms with van der Waals surface area (Å²) in [5, 5.41) is 120. The van der Waals surface area contributed by atoms with Gasteiger partial charge in [-0.3, -0.25) is 4.79 Å². The highest BCUT2D eigenvalue weighted by Gasteiger charge is 2.53. The molecule has 3 heterocycles. The van der Waals surface area contributed by atoms with Gasteiger partial charge in [-0.05, 0) is 70.6 Å². The van der Waals surface area contributed by atoms with Crippen molar-refractivity contribution >= 4 is 5.91 Å². The summed E-state index contributed by atoms with van der Waals surface area (Å²) in [6, 6.07) is -0.999. The second kappa shape index (κ2) is 42.6. The first-order valence-electron chi connectivity index (χ1n) is 29.9. The molecule has 3 saturated heterocycles. The van der Waals surface area contributed by atoms with Crippen LogP contribution >= 0.6 is 0 Å². The Labute approximate surface area is 465 Å². The topological polar surface area (TPSA) is 307 Å². The van der Waals surface area contributed by atoms with E-state index in [1.54, 1.807) is 6.08 Å². The number of unbranched alkanes of at least 4 members (excludes halogenated alkanes) is 21. The normalized spacial score (nSPS) is 30.8. The number of aliphatic hydroxyl groups is 11. The molecular formula is C59H105NO18. The summed E-state index contributed by atoms with van der Waals surface area (Å²) in [4.78, 5) is 13.3. The molecule has 454 valence electrons. The Morgan fingerprint density at radius 3 is 1.31 bits per heavy atom. The fourth-order valence-corrected chi connectivity index (χ4v) is 9.86. The largest absolute Gasteiger partial charge is 0.394 e. The third-order valence-electron chi connectivity index (χ3n) is 14.8. The maximum absolute atomic E-state index is 13.3. The van der Waals surface area contributed by atoms with E-state index in [2.05, 4.69) is 55.6 Å². The number of ether oxygens (including phenoxy) is 6. The van der Waals surface area contributed by atoms with Crippen molar-refractivity contribution in [3.8, 4) is 0 Å². The zero-order chi connectivity index (χ0) is 56.9. The molecule has 0 saturated carbocycles. The number of carbonyl (C=O) groups excluding carboxylic acids is 1. The maximum atomic E-state index is 13.3. The molecule has 3 aliphatic heterocycles. The van der Waals surface area contributed by atoms with Crippen molar-refractivity contribution in [3.05, 3.63) is 48.6 Å². The summed E-state index contributed by atoms with van der Waals surface area (Å²) in [7, 11) is 0. The summed E-state index contributed by atoms with van der Waals surface area (Å²) in [5.74, 6) is -0.302. The minimum absolute atomic E-state index is 0.220. The molecule has 3 fully saturated rings. The molecule has 3 rings (SSSR count). The Balaban J connectivity index is 1.52. The minimum atomic E-state index is -1.98. The summed E-state index contributed by atoms with van der Waals surface area (Å²) < 4.78 is 34.2. The number of allylic oxidation sites excluding steroid dienone is 7. The van der Waals surface area contributed by atoms with Crippen LogP contribution in [0.15, 0.2) is 48.6 Å². The van der Waals surface area contributed by atoms with Crippen molar-refractivity contribution in [1.82, 2.24) is 5.32 Å². The summed E-state index contributed by atoms with van der Waals surface area (Å²) >= 11 is 0. The lowest BCUT2D eigenvalue weighted by Gasteiger charge is -2.48. The third-order valence-corrected chi connectivity index (χ3v) is 14.8. The van der Waals surface area contributed by atoms with Gasteiger partial charge in [0.2, 0.25) is 5.91 Å². The zero-order valence-corrected chi connectivity index (χ0v) is 47.1. The van der Waals surface area contributed by atoms with E-state index >= 15 is 0 Å². The SMILES string of the molecule is CCCCC/C=C\CCCCCCCC(=O)NC(COC1OC(CO)C(OC2OC(CO)C(OC3OC(CO)C(O)C(O)C3O)C(O)C2O)C(O)C1O)C(O)/C=C/CC/C=C/CC/C=C/CCCCCCCCCCCCC. The van der Waals surface area contributed by atoms with Gasteiger partial charge in [-0.2, -0.15) is 0 Å². The van der Waals surface area contributed by atoms with Gasteiger partial charge < -0.3 is 89.9 Å². The van der Waals surface area contributed by atoms with Crippen LogP contribution in [0, 0.1) is 0 Å². The Hall–Kier alpha value is -2.25. The van der Waals surface area contributed by atoms with Crippen LogP contribution in [-0.2, 0) is 33.2 Å². The molecule has 0 spiro atoms. The highest BCUT2D eigenvalue weighted by molar-refractivity contribution is 5.76. The minimum Gasteiger partial charge on any atom is -0.394 e. The monoisotopic (exact) mass is 1120 g/mol. The van der Waals surface area contributed by atoms with E-state index in [0.29, 0.717) is 12.8 Å². The molecular weight excluding hydrogens is 1010 g/mol. The summed E-state index contributed by atoms with van der Waals surface area (Å²) in [6.07, 6.45) is 19.6. The first kappa shape index (κ1) is 70.0. The molecule has 12 N–H and O–H groups in total. The molecule has 19 nitrogen and oxygen atoms in total. The van der Waals surface area contributed by atoms with E-state index in [-0.39, 0.29) is 18.9 Å². The standard InChI is InChI=1S/C59H105NO18/c1-3-5-7-9-11-13-15-17-18-19-20-21-22-23-24-25-26-28-30-32-34-36-43(64)42(60-47(65)37-35-33-31-29-27-16-14-12-10-8-6-4-2)41-73-57-53(71)50(68)55(45(39-62)75-57)78-59-54(72)51(69)56(46(40-63)76-59)77-58-52(70)49(67)48(66)44(38-61)74-58/h12,14,22-23,26,28,34,36,42-46,48-59,61-64,66-72H,3-11,13,15-21,24-25,27,29-33,35,37-41H2,1-2H3,(H,60,65)/b14-12-,23-22+,28-26+,36-34+. The van der Waals surface area contributed by atoms with Crippen molar-refractivity contribution in [3.63, 3.8) is 0 Å². The van der Waals surface area contributed by atoms with Crippen LogP contribution in [0.25, 0.3) is 0 Å². The fourth-order valence-electron chi connectivity index (χ4n) is 9.86. The smallest absolute Gasteiger partial charge is 0.220 e. The number of nitrogens with one attached hydrogen (secondary N) is 1.